The highest BCUT2D eigenvalue weighted by Gasteiger charge is 2.19. The Morgan fingerprint density at radius 3 is 2.28 bits per heavy atom. The third-order valence-electron chi connectivity index (χ3n) is 2.61. The van der Waals surface area contributed by atoms with E-state index in [4.69, 9.17) is 5.11 Å². The molecule has 0 saturated heterocycles. The third kappa shape index (κ3) is 4.85. The predicted molar refractivity (Wildman–Crippen MR) is 70.8 cm³/mol. The second-order valence-corrected chi connectivity index (χ2v) is 5.09. The van der Waals surface area contributed by atoms with Crippen molar-refractivity contribution in [2.45, 2.75) is 26.4 Å². The number of carbonyl (C=O) groups is 1. The summed E-state index contributed by atoms with van der Waals surface area (Å²) in [6.07, 6.45) is 0. The zero-order valence-corrected chi connectivity index (χ0v) is 11.2. The van der Waals surface area contributed by atoms with E-state index >= 15 is 0 Å². The van der Waals surface area contributed by atoms with Crippen LogP contribution in [0.5, 0.6) is 5.75 Å². The van der Waals surface area contributed by atoms with Gasteiger partial charge in [0.1, 0.15) is 5.75 Å². The van der Waals surface area contributed by atoms with E-state index in [1.54, 1.807) is 26.0 Å². The van der Waals surface area contributed by atoms with Crippen LogP contribution in [0.2, 0.25) is 0 Å². The molecule has 18 heavy (non-hydrogen) atoms. The molecule has 0 aliphatic carbocycles. The maximum absolute atomic E-state index is 12.0. The molecule has 0 aliphatic heterocycles. The van der Waals surface area contributed by atoms with E-state index in [0.717, 1.165) is 0 Å². The zero-order chi connectivity index (χ0) is 13.8. The van der Waals surface area contributed by atoms with E-state index < -0.39 is 5.60 Å². The SMILES string of the molecule is CCN(CC(=O)c1ccc(O)cc1)CC(C)(C)O. The summed E-state index contributed by atoms with van der Waals surface area (Å²) in [5, 5.41) is 18.9. The van der Waals surface area contributed by atoms with Crippen molar-refractivity contribution in [2.75, 3.05) is 19.6 Å². The van der Waals surface area contributed by atoms with Crippen molar-refractivity contribution in [3.8, 4) is 5.75 Å². The fourth-order valence-electron chi connectivity index (χ4n) is 1.77. The molecule has 100 valence electrons. The molecular weight excluding hydrogens is 230 g/mol. The van der Waals surface area contributed by atoms with Gasteiger partial charge in [-0.15, -0.1) is 0 Å². The molecule has 0 aromatic heterocycles. The van der Waals surface area contributed by atoms with Gasteiger partial charge in [-0.05, 0) is 44.7 Å². The number of nitrogens with zero attached hydrogens (tertiary/aromatic N) is 1. The Balaban J connectivity index is 2.65. The number of ketones is 1. The normalized spacial score (nSPS) is 11.8. The van der Waals surface area contributed by atoms with Crippen molar-refractivity contribution in [3.05, 3.63) is 29.8 Å². The van der Waals surface area contributed by atoms with Crippen LogP contribution in [-0.2, 0) is 0 Å². The Bertz CT molecular complexity index is 392. The van der Waals surface area contributed by atoms with Gasteiger partial charge in [-0.25, -0.2) is 0 Å². The van der Waals surface area contributed by atoms with Crippen LogP contribution in [0.4, 0.5) is 0 Å². The highest BCUT2D eigenvalue weighted by molar-refractivity contribution is 5.97. The molecule has 2 N–H and O–H groups in total. The highest BCUT2D eigenvalue weighted by atomic mass is 16.3. The van der Waals surface area contributed by atoms with Gasteiger partial charge in [0.15, 0.2) is 5.78 Å². The molecule has 1 aromatic carbocycles. The zero-order valence-electron chi connectivity index (χ0n) is 11.2. The summed E-state index contributed by atoms with van der Waals surface area (Å²) in [7, 11) is 0. The number of Topliss-reactive ketones (excluding diaryl/α,β-unsaturated/α-hetero) is 1. The number of aromatic hydroxyl groups is 1. The summed E-state index contributed by atoms with van der Waals surface area (Å²) in [6.45, 7) is 6.82. The van der Waals surface area contributed by atoms with Gasteiger partial charge in [0, 0.05) is 12.1 Å². The molecule has 0 heterocycles. The van der Waals surface area contributed by atoms with Crippen molar-refractivity contribution >= 4 is 5.78 Å². The van der Waals surface area contributed by atoms with Crippen molar-refractivity contribution in [2.24, 2.45) is 0 Å². The molecule has 1 aromatic rings. The summed E-state index contributed by atoms with van der Waals surface area (Å²) < 4.78 is 0. The minimum Gasteiger partial charge on any atom is -0.508 e. The second kappa shape index (κ2) is 5.98. The van der Waals surface area contributed by atoms with E-state index in [1.165, 1.54) is 12.1 Å². The monoisotopic (exact) mass is 251 g/mol. The number of hydrogen-bond acceptors (Lipinski definition) is 4. The number of hydrogen-bond donors (Lipinski definition) is 2. The van der Waals surface area contributed by atoms with Crippen molar-refractivity contribution in [3.63, 3.8) is 0 Å². The molecule has 1 rings (SSSR count). The summed E-state index contributed by atoms with van der Waals surface area (Å²) in [5.41, 5.74) is -0.243. The van der Waals surface area contributed by atoms with Gasteiger partial charge in [0.25, 0.3) is 0 Å². The van der Waals surface area contributed by atoms with Gasteiger partial charge in [-0.1, -0.05) is 6.92 Å². The molecule has 0 spiro atoms. The Labute approximate surface area is 108 Å². The quantitative estimate of drug-likeness (QED) is 0.755. The number of aliphatic hydroxyl groups is 1. The number of phenolic OH excluding ortho intramolecular Hbond substituents is 1. The fraction of sp³-hybridized carbons (Fsp3) is 0.500. The predicted octanol–water partition coefficient (Wildman–Crippen LogP) is 1.67. The molecule has 0 aliphatic rings. The van der Waals surface area contributed by atoms with E-state index in [1.807, 2.05) is 11.8 Å². The Morgan fingerprint density at radius 2 is 1.83 bits per heavy atom. The molecule has 4 heteroatoms. The fourth-order valence-corrected chi connectivity index (χ4v) is 1.77. The Morgan fingerprint density at radius 1 is 1.28 bits per heavy atom. The largest absolute Gasteiger partial charge is 0.508 e. The molecule has 0 amide bonds. The van der Waals surface area contributed by atoms with Gasteiger partial charge in [-0.3, -0.25) is 9.69 Å². The Hall–Kier alpha value is -1.39. The van der Waals surface area contributed by atoms with Crippen LogP contribution in [-0.4, -0.2) is 46.1 Å². The van der Waals surface area contributed by atoms with Crippen LogP contribution in [0, 0.1) is 0 Å². The van der Waals surface area contributed by atoms with Crippen molar-refractivity contribution < 1.29 is 15.0 Å². The molecule has 0 unspecified atom stereocenters. The molecule has 0 radical (unpaired) electrons. The van der Waals surface area contributed by atoms with E-state index in [9.17, 15) is 9.90 Å². The maximum atomic E-state index is 12.0. The van der Waals surface area contributed by atoms with E-state index in [0.29, 0.717) is 18.7 Å². The van der Waals surface area contributed by atoms with Crippen molar-refractivity contribution in [1.29, 1.82) is 0 Å². The number of likely N-dealkylation sites (N-methyl/N-ethyl adjacent to an activating group) is 1. The number of carbonyl (C=O) groups excluding carboxylic acids is 1. The summed E-state index contributed by atoms with van der Waals surface area (Å²) >= 11 is 0. The topological polar surface area (TPSA) is 60.8 Å². The van der Waals surface area contributed by atoms with Crippen LogP contribution in [0.3, 0.4) is 0 Å². The minimum absolute atomic E-state index is 0.0129. The van der Waals surface area contributed by atoms with Crippen LogP contribution in [0.25, 0.3) is 0 Å². The van der Waals surface area contributed by atoms with Crippen LogP contribution in [0.15, 0.2) is 24.3 Å². The lowest BCUT2D eigenvalue weighted by Crippen LogP contribution is -2.41. The van der Waals surface area contributed by atoms with E-state index in [-0.39, 0.29) is 18.1 Å². The molecule has 0 fully saturated rings. The number of phenols is 1. The van der Waals surface area contributed by atoms with Crippen LogP contribution >= 0.6 is 0 Å². The molecule has 0 saturated carbocycles. The van der Waals surface area contributed by atoms with Gasteiger partial charge >= 0.3 is 0 Å². The lowest BCUT2D eigenvalue weighted by atomic mass is 10.1. The smallest absolute Gasteiger partial charge is 0.176 e. The summed E-state index contributed by atoms with van der Waals surface area (Å²) in [4.78, 5) is 13.9. The standard InChI is InChI=1S/C14H21NO3/c1-4-15(10-14(2,3)18)9-13(17)11-5-7-12(16)8-6-11/h5-8,16,18H,4,9-10H2,1-3H3. The lowest BCUT2D eigenvalue weighted by Gasteiger charge is -2.27. The second-order valence-electron chi connectivity index (χ2n) is 5.09. The van der Waals surface area contributed by atoms with Crippen molar-refractivity contribution in [1.82, 2.24) is 4.90 Å². The first-order valence-corrected chi connectivity index (χ1v) is 6.09. The first kappa shape index (κ1) is 14.7. The molecule has 0 bridgehead atoms. The molecule has 4 nitrogen and oxygen atoms in total. The average molecular weight is 251 g/mol. The van der Waals surface area contributed by atoms with Gasteiger partial charge < -0.3 is 10.2 Å². The molecular formula is C14H21NO3. The lowest BCUT2D eigenvalue weighted by molar-refractivity contribution is 0.0376. The molecule has 0 atom stereocenters. The number of benzene rings is 1. The van der Waals surface area contributed by atoms with Gasteiger partial charge in [0.05, 0.1) is 12.1 Å². The Kier molecular flexibility index (Phi) is 4.87. The number of rotatable bonds is 6. The van der Waals surface area contributed by atoms with Gasteiger partial charge in [-0.2, -0.15) is 0 Å². The average Bonchev–Trinajstić information content (AvgIpc) is 2.27. The minimum atomic E-state index is -0.814. The third-order valence-corrected chi connectivity index (χ3v) is 2.61. The van der Waals surface area contributed by atoms with Crippen LogP contribution in [0.1, 0.15) is 31.1 Å². The first-order chi connectivity index (χ1) is 8.31. The summed E-state index contributed by atoms with van der Waals surface area (Å²) in [5.74, 6) is 0.136. The van der Waals surface area contributed by atoms with Gasteiger partial charge in [0.2, 0.25) is 0 Å². The van der Waals surface area contributed by atoms with Crippen LogP contribution < -0.4 is 0 Å². The van der Waals surface area contributed by atoms with E-state index in [2.05, 4.69) is 0 Å². The summed E-state index contributed by atoms with van der Waals surface area (Å²) in [6, 6.07) is 6.21. The maximum Gasteiger partial charge on any atom is 0.176 e. The first-order valence-electron chi connectivity index (χ1n) is 6.09. The highest BCUT2D eigenvalue weighted by Crippen LogP contribution is 2.11.